The van der Waals surface area contributed by atoms with Crippen LogP contribution in [0.5, 0.6) is 0 Å². The molecule has 3 atom stereocenters. The van der Waals surface area contributed by atoms with E-state index in [4.69, 9.17) is 23.3 Å². The molecule has 0 aliphatic rings. The molecule has 0 aromatic heterocycles. The second-order valence-electron chi connectivity index (χ2n) is 17.6. The number of aliphatic hydroxyl groups excluding tert-OH is 1. The Balaban J connectivity index is 4.88. The van der Waals surface area contributed by atoms with Crippen LogP contribution in [0.4, 0.5) is 0 Å². The van der Waals surface area contributed by atoms with Crippen molar-refractivity contribution in [3.63, 3.8) is 0 Å². The number of carbonyl (C=O) groups is 3. The van der Waals surface area contributed by atoms with Crippen LogP contribution < -0.4 is 0 Å². The van der Waals surface area contributed by atoms with Gasteiger partial charge in [-0.15, -0.1) is 0 Å². The van der Waals surface area contributed by atoms with Gasteiger partial charge in [0.25, 0.3) is 0 Å². The van der Waals surface area contributed by atoms with Gasteiger partial charge in [-0.25, -0.2) is 4.57 Å². The number of carbonyl (C=O) groups excluding carboxylic acids is 3. The standard InChI is InChI=1S/C62H97O11P/c1-4-7-10-13-16-19-22-25-27-29-31-34-37-40-43-46-49-52-61(65)72-58(54-63)56-70-74(67,68)71-57-59(55-69-60(64)51-48-45-42-39-36-33-24-21-18-15-12-9-6-3)73-62(66)53-50-47-44-41-38-35-32-30-28-26-23-20-17-14-11-8-5-2/h7-12,16-21,25-28,31-36,41,44,58-59,63H,4-6,13-15,22-24,29-30,37-40,42-43,45-57H2,1-3H3,(H,67,68)/b10-7-,11-8-,12-9-,19-16-,20-17-,21-18-,27-25-,28-26-,34-31-,35-32-,36-33-,44-41-. The van der Waals surface area contributed by atoms with Gasteiger partial charge in [0.15, 0.2) is 6.10 Å². The minimum Gasteiger partial charge on any atom is -0.462 e. The molecule has 0 heterocycles. The summed E-state index contributed by atoms with van der Waals surface area (Å²) >= 11 is 0. The van der Waals surface area contributed by atoms with E-state index in [9.17, 15) is 28.9 Å². The first-order valence-electron chi connectivity index (χ1n) is 27.7. The molecule has 11 nitrogen and oxygen atoms in total. The highest BCUT2D eigenvalue weighted by atomic mass is 31.2. The number of hydrogen-bond acceptors (Lipinski definition) is 10. The van der Waals surface area contributed by atoms with Crippen molar-refractivity contribution in [1.29, 1.82) is 0 Å². The molecule has 12 heteroatoms. The van der Waals surface area contributed by atoms with Crippen molar-refractivity contribution < 1.29 is 52.2 Å². The summed E-state index contributed by atoms with van der Waals surface area (Å²) in [6, 6.07) is 0. The number of allylic oxidation sites excluding steroid dienone is 24. The third-order valence-electron chi connectivity index (χ3n) is 10.7. The van der Waals surface area contributed by atoms with E-state index in [0.29, 0.717) is 25.7 Å². The van der Waals surface area contributed by atoms with Crippen molar-refractivity contribution in [2.24, 2.45) is 0 Å². The minimum absolute atomic E-state index is 0.0721. The quantitative estimate of drug-likeness (QED) is 0.0197. The smallest absolute Gasteiger partial charge is 0.462 e. The molecule has 74 heavy (non-hydrogen) atoms. The molecule has 0 aromatic rings. The second-order valence-corrected chi connectivity index (χ2v) is 19.1. The second kappa shape index (κ2) is 54.6. The van der Waals surface area contributed by atoms with Crippen LogP contribution in [0.3, 0.4) is 0 Å². The molecule has 0 saturated heterocycles. The molecule has 0 amide bonds. The molecular formula is C62H97O11P. The fourth-order valence-corrected chi connectivity index (χ4v) is 7.41. The van der Waals surface area contributed by atoms with Crippen LogP contribution in [0.15, 0.2) is 146 Å². The average Bonchev–Trinajstić information content (AvgIpc) is 3.39. The molecule has 0 rings (SSSR count). The lowest BCUT2D eigenvalue weighted by Crippen LogP contribution is -2.30. The van der Waals surface area contributed by atoms with E-state index in [0.717, 1.165) is 122 Å². The average molecular weight is 1050 g/mol. The summed E-state index contributed by atoms with van der Waals surface area (Å²) in [4.78, 5) is 48.5. The largest absolute Gasteiger partial charge is 0.472 e. The Hall–Kier alpha value is -4.64. The van der Waals surface area contributed by atoms with Crippen LogP contribution in [0.2, 0.25) is 0 Å². The van der Waals surface area contributed by atoms with Crippen molar-refractivity contribution in [3.8, 4) is 0 Å². The van der Waals surface area contributed by atoms with E-state index in [-0.39, 0.29) is 25.9 Å². The number of phosphoric ester groups is 1. The van der Waals surface area contributed by atoms with Gasteiger partial charge < -0.3 is 24.2 Å². The lowest BCUT2D eigenvalue weighted by molar-refractivity contribution is -0.161. The number of esters is 3. The Morgan fingerprint density at radius 3 is 1.07 bits per heavy atom. The molecule has 0 bridgehead atoms. The van der Waals surface area contributed by atoms with Crippen molar-refractivity contribution in [2.45, 2.75) is 200 Å². The lowest BCUT2D eigenvalue weighted by atomic mass is 10.1. The number of rotatable bonds is 49. The predicted molar refractivity (Wildman–Crippen MR) is 306 cm³/mol. The molecule has 416 valence electrons. The molecular weight excluding hydrogens is 952 g/mol. The molecule has 0 radical (unpaired) electrons. The van der Waals surface area contributed by atoms with Gasteiger partial charge >= 0.3 is 25.7 Å². The third kappa shape index (κ3) is 52.2. The third-order valence-corrected chi connectivity index (χ3v) is 11.7. The van der Waals surface area contributed by atoms with Crippen LogP contribution in [0.1, 0.15) is 188 Å². The summed E-state index contributed by atoms with van der Waals surface area (Å²) in [6.45, 7) is 4.14. The lowest BCUT2D eigenvalue weighted by Gasteiger charge is -2.21. The maximum atomic E-state index is 12.9. The van der Waals surface area contributed by atoms with Gasteiger partial charge in [-0.3, -0.25) is 23.4 Å². The number of phosphoric acid groups is 1. The Labute approximate surface area is 448 Å². The molecule has 2 N–H and O–H groups in total. The summed E-state index contributed by atoms with van der Waals surface area (Å²) in [5.74, 6) is -1.62. The van der Waals surface area contributed by atoms with Crippen molar-refractivity contribution in [1.82, 2.24) is 0 Å². The Morgan fingerprint density at radius 1 is 0.378 bits per heavy atom. The van der Waals surface area contributed by atoms with Gasteiger partial charge in [0.1, 0.15) is 12.7 Å². The highest BCUT2D eigenvalue weighted by Crippen LogP contribution is 2.43. The zero-order valence-corrected chi connectivity index (χ0v) is 46.6. The number of unbranched alkanes of at least 4 members (excludes halogenated alkanes) is 8. The maximum absolute atomic E-state index is 12.9. The molecule has 0 aromatic carbocycles. The van der Waals surface area contributed by atoms with Crippen LogP contribution in [0, 0.1) is 0 Å². The van der Waals surface area contributed by atoms with Crippen LogP contribution >= 0.6 is 7.82 Å². The zero-order chi connectivity index (χ0) is 54.1. The summed E-state index contributed by atoms with van der Waals surface area (Å²) in [7, 11) is -4.79. The number of ether oxygens (including phenoxy) is 3. The van der Waals surface area contributed by atoms with E-state index in [1.54, 1.807) is 0 Å². The summed E-state index contributed by atoms with van der Waals surface area (Å²) in [5, 5.41) is 9.81. The molecule has 3 unspecified atom stereocenters. The normalized spacial score (nSPS) is 14.5. The molecule has 0 fully saturated rings. The molecule has 0 aliphatic carbocycles. The summed E-state index contributed by atoms with van der Waals surface area (Å²) in [5.41, 5.74) is 0. The van der Waals surface area contributed by atoms with Gasteiger partial charge in [-0.1, -0.05) is 186 Å². The van der Waals surface area contributed by atoms with E-state index in [1.165, 1.54) is 0 Å². The van der Waals surface area contributed by atoms with Gasteiger partial charge in [0.2, 0.25) is 0 Å². The first-order valence-corrected chi connectivity index (χ1v) is 29.2. The van der Waals surface area contributed by atoms with E-state index in [1.807, 2.05) is 12.2 Å². The first-order chi connectivity index (χ1) is 36.2. The predicted octanol–water partition coefficient (Wildman–Crippen LogP) is 16.4. The van der Waals surface area contributed by atoms with Gasteiger partial charge in [-0.2, -0.15) is 0 Å². The fraction of sp³-hybridized carbons (Fsp3) is 0.565. The Kier molecular flexibility index (Phi) is 51.2. The maximum Gasteiger partial charge on any atom is 0.472 e. The molecule has 0 spiro atoms. The van der Waals surface area contributed by atoms with Gasteiger partial charge in [0, 0.05) is 19.3 Å². The summed E-state index contributed by atoms with van der Waals surface area (Å²) < 4.78 is 39.3. The first kappa shape index (κ1) is 69.4. The molecule has 0 saturated carbocycles. The number of aliphatic hydroxyl groups is 1. The van der Waals surface area contributed by atoms with Crippen molar-refractivity contribution in [3.05, 3.63) is 146 Å². The SMILES string of the molecule is CC/C=C\C/C=C\C/C=C\C/C=C\C/C=C\CCCC(=O)OC(COC(=O)CCCCC/C=C\C/C=C\C/C=C\CC)COP(=O)(O)OCC(CO)OC(=O)CCCCCC/C=C\C/C=C\C/C=C\C/C=C\CC. The van der Waals surface area contributed by atoms with Crippen LogP contribution in [-0.2, 0) is 42.2 Å². The number of hydrogen-bond donors (Lipinski definition) is 2. The van der Waals surface area contributed by atoms with Gasteiger partial charge in [0.05, 0.1) is 19.8 Å². The molecule has 0 aliphatic heterocycles. The van der Waals surface area contributed by atoms with Gasteiger partial charge in [-0.05, 0) is 128 Å². The fourth-order valence-electron chi connectivity index (χ4n) is 6.63. The monoisotopic (exact) mass is 1050 g/mol. The van der Waals surface area contributed by atoms with E-state index >= 15 is 0 Å². The zero-order valence-electron chi connectivity index (χ0n) is 45.7. The van der Waals surface area contributed by atoms with Crippen molar-refractivity contribution >= 4 is 25.7 Å². The highest BCUT2D eigenvalue weighted by Gasteiger charge is 2.28. The van der Waals surface area contributed by atoms with E-state index < -0.39 is 57.8 Å². The topological polar surface area (TPSA) is 155 Å². The van der Waals surface area contributed by atoms with E-state index in [2.05, 4.69) is 154 Å². The highest BCUT2D eigenvalue weighted by molar-refractivity contribution is 7.47. The van der Waals surface area contributed by atoms with Crippen LogP contribution in [0.25, 0.3) is 0 Å². The summed E-state index contributed by atoms with van der Waals surface area (Å²) in [6.07, 6.45) is 69.6. The Bertz CT molecular complexity index is 1800. The van der Waals surface area contributed by atoms with Crippen LogP contribution in [-0.4, -0.2) is 66.5 Å². The minimum atomic E-state index is -4.79. The Morgan fingerprint density at radius 2 is 0.676 bits per heavy atom. The van der Waals surface area contributed by atoms with Crippen molar-refractivity contribution in [2.75, 3.05) is 26.4 Å².